The van der Waals surface area contributed by atoms with Crippen LogP contribution in [0.2, 0.25) is 0 Å². The number of benzodiazepines with no additional fused rings is 1. The molecule has 4 rings (SSSR count). The summed E-state index contributed by atoms with van der Waals surface area (Å²) in [5, 5.41) is 5.45. The first-order valence-corrected chi connectivity index (χ1v) is 12.2. The van der Waals surface area contributed by atoms with Crippen LogP contribution in [-0.4, -0.2) is 60.2 Å². The van der Waals surface area contributed by atoms with Crippen molar-refractivity contribution in [3.63, 3.8) is 0 Å². The molecule has 1 aliphatic rings. The smallest absolute Gasteiger partial charge is 0.321 e. The van der Waals surface area contributed by atoms with E-state index in [1.54, 1.807) is 51.2 Å². The topological polar surface area (TPSA) is 120 Å². The highest BCUT2D eigenvalue weighted by Gasteiger charge is 2.36. The van der Waals surface area contributed by atoms with Gasteiger partial charge in [-0.2, -0.15) is 0 Å². The van der Waals surface area contributed by atoms with Gasteiger partial charge >= 0.3 is 6.03 Å². The summed E-state index contributed by atoms with van der Waals surface area (Å²) in [5.74, 6) is -0.668. The van der Waals surface area contributed by atoms with E-state index >= 15 is 0 Å². The Balaban J connectivity index is 1.73. The predicted molar refractivity (Wildman–Crippen MR) is 148 cm³/mol. The lowest BCUT2D eigenvalue weighted by Crippen LogP contribution is -2.50. The summed E-state index contributed by atoms with van der Waals surface area (Å²) in [4.78, 5) is 56.4. The zero-order chi connectivity index (χ0) is 27.4. The number of amides is 3. The molecule has 1 atom stereocenters. The number of hydrogen-bond acceptors (Lipinski definition) is 7. The molecule has 2 aromatic carbocycles. The van der Waals surface area contributed by atoms with Crippen molar-refractivity contribution in [3.8, 4) is 0 Å². The third-order valence-corrected chi connectivity index (χ3v) is 6.04. The zero-order valence-electron chi connectivity index (χ0n) is 22.1. The second kappa shape index (κ2) is 10.8. The van der Waals surface area contributed by atoms with Crippen LogP contribution >= 0.6 is 0 Å². The highest BCUT2D eigenvalue weighted by molar-refractivity contribution is 6.20. The lowest BCUT2D eigenvalue weighted by atomic mass is 9.90. The van der Waals surface area contributed by atoms with Gasteiger partial charge in [0.05, 0.1) is 24.1 Å². The first-order chi connectivity index (χ1) is 18.0. The fourth-order valence-corrected chi connectivity index (χ4v) is 3.85. The van der Waals surface area contributed by atoms with Gasteiger partial charge in [-0.15, -0.1) is 0 Å². The van der Waals surface area contributed by atoms with E-state index in [1.807, 2.05) is 43.3 Å². The van der Waals surface area contributed by atoms with Gasteiger partial charge in [0.25, 0.3) is 5.91 Å². The molecule has 0 radical (unpaired) electrons. The summed E-state index contributed by atoms with van der Waals surface area (Å²) in [5.41, 5.74) is 2.70. The summed E-state index contributed by atoms with van der Waals surface area (Å²) in [6.45, 7) is 5.23. The monoisotopic (exact) mass is 513 g/mol. The Morgan fingerprint density at radius 2 is 1.82 bits per heavy atom. The number of rotatable bonds is 6. The van der Waals surface area contributed by atoms with Crippen molar-refractivity contribution >= 4 is 40.5 Å². The van der Waals surface area contributed by atoms with Crippen LogP contribution in [0, 0.1) is 5.41 Å². The lowest BCUT2D eigenvalue weighted by molar-refractivity contribution is -0.127. The third kappa shape index (κ3) is 5.86. The van der Waals surface area contributed by atoms with Crippen molar-refractivity contribution in [2.75, 3.05) is 35.8 Å². The quantitative estimate of drug-likeness (QED) is 0.521. The third-order valence-electron chi connectivity index (χ3n) is 6.04. The van der Waals surface area contributed by atoms with Crippen molar-refractivity contribution in [2.24, 2.45) is 10.4 Å². The molecule has 10 heteroatoms. The minimum atomic E-state index is -1.32. The molecular formula is C28H31N7O3. The zero-order valence-corrected chi connectivity index (χ0v) is 22.1. The van der Waals surface area contributed by atoms with E-state index in [2.05, 4.69) is 25.6 Å². The first kappa shape index (κ1) is 26.5. The van der Waals surface area contributed by atoms with E-state index in [9.17, 15) is 14.4 Å². The molecule has 0 spiro atoms. The maximum atomic E-state index is 13.9. The molecule has 0 bridgehead atoms. The second-order valence-corrected chi connectivity index (χ2v) is 10.1. The second-order valence-electron chi connectivity index (χ2n) is 10.1. The fourth-order valence-electron chi connectivity index (χ4n) is 3.85. The van der Waals surface area contributed by atoms with Crippen LogP contribution in [0.4, 0.5) is 21.9 Å². The number of fused-ring (bicyclic) bond motifs is 1. The SMILES string of the molecule is CN(C)c1cccc(NC(=O)NC2N=C(c3cnccn3)c3ccccc3N(CC(=O)C(C)(C)C)C2=O)c1. The molecule has 1 unspecified atom stereocenters. The van der Waals surface area contributed by atoms with Gasteiger partial charge in [-0.3, -0.25) is 19.6 Å². The number of aliphatic imine (C=N–C) groups is 1. The van der Waals surface area contributed by atoms with Crippen LogP contribution in [0.5, 0.6) is 0 Å². The van der Waals surface area contributed by atoms with Crippen LogP contribution in [0.1, 0.15) is 32.0 Å². The maximum Gasteiger partial charge on any atom is 0.321 e. The highest BCUT2D eigenvalue weighted by Crippen LogP contribution is 2.29. The predicted octanol–water partition coefficient (Wildman–Crippen LogP) is 3.49. The van der Waals surface area contributed by atoms with Gasteiger partial charge in [-0.1, -0.05) is 45.0 Å². The van der Waals surface area contributed by atoms with Crippen LogP contribution in [0.15, 0.2) is 72.1 Å². The van der Waals surface area contributed by atoms with Crippen molar-refractivity contribution in [2.45, 2.75) is 26.9 Å². The van der Waals surface area contributed by atoms with Gasteiger partial charge in [0, 0.05) is 48.8 Å². The molecule has 196 valence electrons. The van der Waals surface area contributed by atoms with E-state index in [1.165, 1.54) is 17.3 Å². The van der Waals surface area contributed by atoms with E-state index in [4.69, 9.17) is 0 Å². The van der Waals surface area contributed by atoms with Crippen LogP contribution in [-0.2, 0) is 9.59 Å². The van der Waals surface area contributed by atoms with Gasteiger partial charge in [0.15, 0.2) is 5.78 Å². The molecule has 2 N–H and O–H groups in total. The Kier molecular flexibility index (Phi) is 7.52. The number of benzene rings is 2. The number of nitrogens with one attached hydrogen (secondary N) is 2. The van der Waals surface area contributed by atoms with Gasteiger partial charge in [-0.25, -0.2) is 9.79 Å². The molecule has 38 heavy (non-hydrogen) atoms. The minimum Gasteiger partial charge on any atom is -0.378 e. The van der Waals surface area contributed by atoms with Crippen molar-refractivity contribution in [1.82, 2.24) is 15.3 Å². The minimum absolute atomic E-state index is 0.132. The van der Waals surface area contributed by atoms with Crippen molar-refractivity contribution in [3.05, 3.63) is 78.4 Å². The highest BCUT2D eigenvalue weighted by atomic mass is 16.2. The summed E-state index contributed by atoms with van der Waals surface area (Å²) < 4.78 is 0. The van der Waals surface area contributed by atoms with Crippen molar-refractivity contribution in [1.29, 1.82) is 0 Å². The Labute approximate surface area is 221 Å². The van der Waals surface area contributed by atoms with E-state index in [-0.39, 0.29) is 12.3 Å². The molecular weight excluding hydrogens is 482 g/mol. The Morgan fingerprint density at radius 1 is 1.05 bits per heavy atom. The van der Waals surface area contributed by atoms with Gasteiger partial charge in [0.2, 0.25) is 6.17 Å². The molecule has 1 aromatic heterocycles. The number of hydrogen-bond donors (Lipinski definition) is 2. The Bertz CT molecular complexity index is 1380. The van der Waals surface area contributed by atoms with Gasteiger partial charge < -0.3 is 20.4 Å². The van der Waals surface area contributed by atoms with Crippen molar-refractivity contribution < 1.29 is 14.4 Å². The number of ketones is 1. The van der Waals surface area contributed by atoms with Gasteiger partial charge in [-0.05, 0) is 24.3 Å². The van der Waals surface area contributed by atoms with E-state index < -0.39 is 23.5 Å². The number of nitrogens with zero attached hydrogens (tertiary/aromatic N) is 5. The van der Waals surface area contributed by atoms with Crippen LogP contribution < -0.4 is 20.4 Å². The van der Waals surface area contributed by atoms with Gasteiger partial charge in [0.1, 0.15) is 5.69 Å². The lowest BCUT2D eigenvalue weighted by Gasteiger charge is -2.28. The largest absolute Gasteiger partial charge is 0.378 e. The van der Waals surface area contributed by atoms with E-state index in [0.717, 1.165) is 5.69 Å². The van der Waals surface area contributed by atoms with E-state index in [0.29, 0.717) is 28.3 Å². The molecule has 3 amide bonds. The Hall–Kier alpha value is -4.60. The molecule has 3 aromatic rings. The first-order valence-electron chi connectivity index (χ1n) is 12.2. The summed E-state index contributed by atoms with van der Waals surface area (Å²) >= 11 is 0. The molecule has 0 fully saturated rings. The molecule has 2 heterocycles. The number of aromatic nitrogens is 2. The molecule has 1 aliphatic heterocycles. The standard InChI is InChI=1S/C28H31N7O3/c1-28(2,3)23(36)17-35-22-12-7-6-11-20(22)24(21-16-29-13-14-30-21)32-25(26(35)37)33-27(38)31-18-9-8-10-19(15-18)34(4)5/h6-16,25H,17H2,1-5H3,(H2,31,33,38). The number of carbonyl (C=O) groups excluding carboxylic acids is 3. The van der Waals surface area contributed by atoms with Crippen LogP contribution in [0.25, 0.3) is 0 Å². The number of Topliss-reactive ketones (excluding diaryl/α,β-unsaturated/α-hetero) is 1. The average Bonchev–Trinajstić information content (AvgIpc) is 2.99. The summed E-state index contributed by atoms with van der Waals surface area (Å²) in [7, 11) is 3.80. The molecule has 10 nitrogen and oxygen atoms in total. The molecule has 0 aliphatic carbocycles. The molecule has 0 saturated heterocycles. The summed E-state index contributed by atoms with van der Waals surface area (Å²) in [6.07, 6.45) is 3.29. The normalized spacial score (nSPS) is 15.2. The number of para-hydroxylation sites is 1. The average molecular weight is 514 g/mol. The van der Waals surface area contributed by atoms with Crippen LogP contribution in [0.3, 0.4) is 0 Å². The fraction of sp³-hybridized carbons (Fsp3) is 0.286. The number of anilines is 3. The molecule has 0 saturated carbocycles. The number of urea groups is 1. The maximum absolute atomic E-state index is 13.9. The number of carbonyl (C=O) groups is 3. The summed E-state index contributed by atoms with van der Waals surface area (Å²) in [6, 6.07) is 13.8. The Morgan fingerprint density at radius 3 is 2.50 bits per heavy atom.